The van der Waals surface area contributed by atoms with Gasteiger partial charge in [-0.15, -0.1) is 0 Å². The first-order chi connectivity index (χ1) is 12.9. The summed E-state index contributed by atoms with van der Waals surface area (Å²) in [6, 6.07) is 9.77. The van der Waals surface area contributed by atoms with Gasteiger partial charge in [0.1, 0.15) is 6.04 Å². The second kappa shape index (κ2) is 10.1. The van der Waals surface area contributed by atoms with Crippen molar-refractivity contribution in [1.29, 1.82) is 0 Å². The van der Waals surface area contributed by atoms with Crippen molar-refractivity contribution in [3.63, 3.8) is 0 Å². The van der Waals surface area contributed by atoms with Crippen LogP contribution in [0.15, 0.2) is 30.3 Å². The van der Waals surface area contributed by atoms with Crippen LogP contribution in [0.5, 0.6) is 0 Å². The monoisotopic (exact) mass is 389 g/mol. The summed E-state index contributed by atoms with van der Waals surface area (Å²) in [6.07, 6.45) is 4.92. The van der Waals surface area contributed by atoms with Crippen molar-refractivity contribution < 1.29 is 14.4 Å². The Morgan fingerprint density at radius 1 is 1.15 bits per heavy atom. The zero-order chi connectivity index (χ0) is 19.9. The van der Waals surface area contributed by atoms with Crippen LogP contribution < -0.4 is 0 Å². The van der Waals surface area contributed by atoms with Crippen molar-refractivity contribution >= 4 is 28.6 Å². The van der Waals surface area contributed by atoms with E-state index in [2.05, 4.69) is 12.1 Å². The van der Waals surface area contributed by atoms with Crippen LogP contribution in [0.25, 0.3) is 0 Å². The Bertz CT molecular complexity index is 657. The first kappa shape index (κ1) is 21.7. The smallest absolute Gasteiger partial charge is 0.291 e. The molecule has 1 aromatic rings. The summed E-state index contributed by atoms with van der Waals surface area (Å²) in [6.45, 7) is 6.01. The largest absolute Gasteiger partial charge is 0.325 e. The average molecular weight is 390 g/mol. The molecular formula is C22H31NO3S. The van der Waals surface area contributed by atoms with E-state index in [0.29, 0.717) is 19.4 Å². The van der Waals surface area contributed by atoms with Crippen molar-refractivity contribution in [1.82, 2.24) is 4.90 Å². The maximum Gasteiger partial charge on any atom is 0.291 e. The maximum absolute atomic E-state index is 12.7. The first-order valence-electron chi connectivity index (χ1n) is 9.93. The van der Waals surface area contributed by atoms with E-state index in [1.165, 1.54) is 22.2 Å². The number of Topliss-reactive ketones (excluding diaryl/α,β-unsaturated/α-hetero) is 1. The van der Waals surface area contributed by atoms with Crippen LogP contribution in [0, 0.1) is 5.41 Å². The molecule has 0 aromatic heterocycles. The standard InChI is InChI=1S/C22H31NO3S/c1-4-22(2,3)19(24)20(25)23-15-9-8-14-18(23)21(26)27-16-10-13-17-11-6-5-7-12-17/h5-7,11-12,18H,4,8-10,13-16H2,1-3H3/t18-/m0/s1. The quantitative estimate of drug-likeness (QED) is 0.492. The summed E-state index contributed by atoms with van der Waals surface area (Å²) >= 11 is 1.30. The number of carbonyl (C=O) groups excluding carboxylic acids is 3. The molecule has 27 heavy (non-hydrogen) atoms. The number of likely N-dealkylation sites (tertiary alicyclic amines) is 1. The van der Waals surface area contributed by atoms with Crippen molar-refractivity contribution in [2.24, 2.45) is 5.41 Å². The van der Waals surface area contributed by atoms with Crippen molar-refractivity contribution in [3.05, 3.63) is 35.9 Å². The molecular weight excluding hydrogens is 358 g/mol. The predicted octanol–water partition coefficient (Wildman–Crippen LogP) is 4.27. The molecule has 1 atom stereocenters. The highest BCUT2D eigenvalue weighted by atomic mass is 32.2. The molecule has 0 spiro atoms. The molecule has 0 saturated carbocycles. The highest BCUT2D eigenvalue weighted by Crippen LogP contribution is 2.27. The molecule has 1 aromatic carbocycles. The number of hydrogen-bond donors (Lipinski definition) is 0. The van der Waals surface area contributed by atoms with Gasteiger partial charge in [0, 0.05) is 17.7 Å². The molecule has 1 heterocycles. The zero-order valence-electron chi connectivity index (χ0n) is 16.7. The Labute approximate surface area is 167 Å². The molecule has 0 N–H and O–H groups in total. The number of piperidine rings is 1. The van der Waals surface area contributed by atoms with Gasteiger partial charge < -0.3 is 4.90 Å². The molecule has 1 amide bonds. The third kappa shape index (κ3) is 5.93. The van der Waals surface area contributed by atoms with E-state index in [1.807, 2.05) is 25.1 Å². The third-order valence-corrected chi connectivity index (χ3v) is 6.47. The van der Waals surface area contributed by atoms with Crippen LogP contribution in [-0.4, -0.2) is 40.0 Å². The van der Waals surface area contributed by atoms with Gasteiger partial charge in [-0.1, -0.05) is 62.9 Å². The second-order valence-corrected chi connectivity index (χ2v) is 8.93. The first-order valence-corrected chi connectivity index (χ1v) is 10.9. The molecule has 148 valence electrons. The van der Waals surface area contributed by atoms with Crippen LogP contribution in [0.1, 0.15) is 58.4 Å². The fraction of sp³-hybridized carbons (Fsp3) is 0.591. The van der Waals surface area contributed by atoms with E-state index in [-0.39, 0.29) is 10.9 Å². The minimum atomic E-state index is -0.676. The van der Waals surface area contributed by atoms with E-state index >= 15 is 0 Å². The highest BCUT2D eigenvalue weighted by Gasteiger charge is 2.39. The van der Waals surface area contributed by atoms with Gasteiger partial charge in [0.15, 0.2) is 0 Å². The summed E-state index contributed by atoms with van der Waals surface area (Å²) in [4.78, 5) is 39.6. The molecule has 0 bridgehead atoms. The van der Waals surface area contributed by atoms with Crippen LogP contribution >= 0.6 is 11.8 Å². The van der Waals surface area contributed by atoms with Gasteiger partial charge in [-0.25, -0.2) is 0 Å². The normalized spacial score (nSPS) is 17.6. The minimum Gasteiger partial charge on any atom is -0.325 e. The van der Waals surface area contributed by atoms with Crippen molar-refractivity contribution in [2.75, 3.05) is 12.3 Å². The van der Waals surface area contributed by atoms with Crippen LogP contribution in [0.2, 0.25) is 0 Å². The van der Waals surface area contributed by atoms with Crippen LogP contribution in [0.4, 0.5) is 0 Å². The number of hydrogen-bond acceptors (Lipinski definition) is 4. The Morgan fingerprint density at radius 2 is 1.85 bits per heavy atom. The molecule has 0 aliphatic carbocycles. The molecule has 4 nitrogen and oxygen atoms in total. The summed E-state index contributed by atoms with van der Waals surface area (Å²) in [5.74, 6) is -0.121. The molecule has 5 heteroatoms. The van der Waals surface area contributed by atoms with E-state index < -0.39 is 17.4 Å². The fourth-order valence-electron chi connectivity index (χ4n) is 3.19. The van der Waals surface area contributed by atoms with Gasteiger partial charge in [0.2, 0.25) is 10.9 Å². The lowest BCUT2D eigenvalue weighted by molar-refractivity contribution is -0.152. The number of ketones is 1. The topological polar surface area (TPSA) is 54.5 Å². The second-order valence-electron chi connectivity index (χ2n) is 7.83. The van der Waals surface area contributed by atoms with E-state index in [0.717, 1.165) is 31.4 Å². The molecule has 2 rings (SSSR count). The summed E-state index contributed by atoms with van der Waals surface area (Å²) in [5.41, 5.74) is 0.595. The Balaban J connectivity index is 1.90. The molecule has 1 aliphatic heterocycles. The van der Waals surface area contributed by atoms with Crippen LogP contribution in [0.3, 0.4) is 0 Å². The third-order valence-electron chi connectivity index (χ3n) is 5.43. The molecule has 1 fully saturated rings. The zero-order valence-corrected chi connectivity index (χ0v) is 17.5. The highest BCUT2D eigenvalue weighted by molar-refractivity contribution is 8.13. The summed E-state index contributed by atoms with van der Waals surface area (Å²) < 4.78 is 0. The van der Waals surface area contributed by atoms with E-state index in [4.69, 9.17) is 0 Å². The number of benzene rings is 1. The summed E-state index contributed by atoms with van der Waals surface area (Å²) in [5, 5.41) is 0.0261. The van der Waals surface area contributed by atoms with Gasteiger partial charge in [0.25, 0.3) is 5.91 Å². The molecule has 0 radical (unpaired) electrons. The predicted molar refractivity (Wildman–Crippen MR) is 111 cm³/mol. The number of rotatable bonds is 8. The number of aryl methyl sites for hydroxylation is 1. The molecule has 0 unspecified atom stereocenters. The Morgan fingerprint density at radius 3 is 2.52 bits per heavy atom. The number of nitrogens with zero attached hydrogens (tertiary/aromatic N) is 1. The van der Waals surface area contributed by atoms with Gasteiger partial charge >= 0.3 is 0 Å². The van der Waals surface area contributed by atoms with Gasteiger partial charge in [-0.2, -0.15) is 0 Å². The lowest BCUT2D eigenvalue weighted by Crippen LogP contribution is -2.52. The SMILES string of the molecule is CCC(C)(C)C(=O)C(=O)N1CCCC[C@H]1C(=O)SCCCc1ccccc1. The Hall–Kier alpha value is -1.62. The van der Waals surface area contributed by atoms with E-state index in [9.17, 15) is 14.4 Å². The molecule has 1 saturated heterocycles. The number of carbonyl (C=O) groups is 3. The average Bonchev–Trinajstić information content (AvgIpc) is 2.70. The maximum atomic E-state index is 12.7. The number of amides is 1. The van der Waals surface area contributed by atoms with Crippen molar-refractivity contribution in [3.8, 4) is 0 Å². The lowest BCUT2D eigenvalue weighted by atomic mass is 9.84. The van der Waals surface area contributed by atoms with Crippen molar-refractivity contribution in [2.45, 2.75) is 65.3 Å². The Kier molecular flexibility index (Phi) is 8.08. The van der Waals surface area contributed by atoms with E-state index in [1.54, 1.807) is 13.8 Å². The van der Waals surface area contributed by atoms with Gasteiger partial charge in [0.05, 0.1) is 0 Å². The van der Waals surface area contributed by atoms with Gasteiger partial charge in [-0.3, -0.25) is 14.4 Å². The lowest BCUT2D eigenvalue weighted by Gasteiger charge is -2.35. The minimum absolute atomic E-state index is 0.0261. The number of thioether (sulfide) groups is 1. The van der Waals surface area contributed by atoms with Crippen LogP contribution in [-0.2, 0) is 20.8 Å². The summed E-state index contributed by atoms with van der Waals surface area (Å²) in [7, 11) is 0. The molecule has 1 aliphatic rings. The van der Waals surface area contributed by atoms with Gasteiger partial charge in [-0.05, 0) is 44.1 Å². The fourth-order valence-corrected chi connectivity index (χ4v) is 4.12.